The van der Waals surface area contributed by atoms with Crippen LogP contribution in [0.5, 0.6) is 0 Å². The Bertz CT molecular complexity index is 352. The summed E-state index contributed by atoms with van der Waals surface area (Å²) in [6.45, 7) is 4.18. The van der Waals surface area contributed by atoms with Crippen molar-refractivity contribution in [1.82, 2.24) is 5.32 Å². The second kappa shape index (κ2) is 3.05. The SMILES string of the molecule is Cc1csc2c1CCOC21CCCN1. The van der Waals surface area contributed by atoms with Crippen molar-refractivity contribution in [3.05, 3.63) is 21.4 Å². The lowest BCUT2D eigenvalue weighted by atomic mass is 9.98. The smallest absolute Gasteiger partial charge is 0.154 e. The number of thiophene rings is 1. The molecule has 0 aromatic carbocycles. The van der Waals surface area contributed by atoms with Crippen molar-refractivity contribution in [2.45, 2.75) is 31.9 Å². The summed E-state index contributed by atoms with van der Waals surface area (Å²) >= 11 is 1.86. The molecule has 0 bridgehead atoms. The van der Waals surface area contributed by atoms with E-state index in [1.165, 1.54) is 22.4 Å². The predicted molar refractivity (Wildman–Crippen MR) is 57.6 cm³/mol. The van der Waals surface area contributed by atoms with Crippen LogP contribution >= 0.6 is 11.3 Å². The highest BCUT2D eigenvalue weighted by atomic mass is 32.1. The van der Waals surface area contributed by atoms with Crippen LogP contribution in [0.25, 0.3) is 0 Å². The molecule has 1 aromatic rings. The number of rotatable bonds is 0. The van der Waals surface area contributed by atoms with Crippen molar-refractivity contribution in [2.75, 3.05) is 13.2 Å². The molecule has 1 N–H and O–H groups in total. The van der Waals surface area contributed by atoms with E-state index in [0.717, 1.165) is 26.0 Å². The molecule has 14 heavy (non-hydrogen) atoms. The van der Waals surface area contributed by atoms with E-state index in [1.54, 1.807) is 0 Å². The minimum absolute atomic E-state index is 0.105. The summed E-state index contributed by atoms with van der Waals surface area (Å²) in [4.78, 5) is 1.44. The maximum Gasteiger partial charge on any atom is 0.154 e. The van der Waals surface area contributed by atoms with E-state index in [-0.39, 0.29) is 5.72 Å². The zero-order valence-corrected chi connectivity index (χ0v) is 9.25. The first-order valence-corrected chi connectivity index (χ1v) is 6.16. The predicted octanol–water partition coefficient (Wildman–Crippen LogP) is 2.17. The zero-order chi connectivity index (χ0) is 9.60. The van der Waals surface area contributed by atoms with E-state index in [9.17, 15) is 0 Å². The summed E-state index contributed by atoms with van der Waals surface area (Å²) in [6.07, 6.45) is 3.46. The number of nitrogens with one attached hydrogen (secondary N) is 1. The van der Waals surface area contributed by atoms with Crippen molar-refractivity contribution in [3.63, 3.8) is 0 Å². The molecule has 2 nitrogen and oxygen atoms in total. The van der Waals surface area contributed by atoms with E-state index < -0.39 is 0 Å². The van der Waals surface area contributed by atoms with Crippen molar-refractivity contribution in [1.29, 1.82) is 0 Å². The minimum atomic E-state index is -0.105. The van der Waals surface area contributed by atoms with Gasteiger partial charge >= 0.3 is 0 Å². The standard InChI is InChI=1S/C11H15NOS/c1-8-7-14-10-9(8)3-6-13-11(10)4-2-5-12-11/h7,12H,2-6H2,1H3. The molecule has 2 aliphatic heterocycles. The molecule has 2 aliphatic rings. The lowest BCUT2D eigenvalue weighted by Gasteiger charge is -2.34. The maximum absolute atomic E-state index is 5.97. The monoisotopic (exact) mass is 209 g/mol. The molecular formula is C11H15NOS. The van der Waals surface area contributed by atoms with Crippen molar-refractivity contribution < 1.29 is 4.74 Å². The second-order valence-electron chi connectivity index (χ2n) is 4.18. The number of aryl methyl sites for hydroxylation is 1. The fourth-order valence-electron chi connectivity index (χ4n) is 2.54. The Morgan fingerprint density at radius 3 is 3.29 bits per heavy atom. The maximum atomic E-state index is 5.97. The third kappa shape index (κ3) is 1.09. The summed E-state index contributed by atoms with van der Waals surface area (Å²) in [5, 5.41) is 5.79. The number of hydrogen-bond donors (Lipinski definition) is 1. The summed E-state index contributed by atoms with van der Waals surface area (Å²) in [6, 6.07) is 0. The Hall–Kier alpha value is -0.380. The van der Waals surface area contributed by atoms with Gasteiger partial charge in [0, 0.05) is 0 Å². The van der Waals surface area contributed by atoms with Gasteiger partial charge in [0.1, 0.15) is 0 Å². The molecular weight excluding hydrogens is 194 g/mol. The molecule has 1 spiro atoms. The van der Waals surface area contributed by atoms with Gasteiger partial charge in [-0.3, -0.25) is 5.32 Å². The average molecular weight is 209 g/mol. The van der Waals surface area contributed by atoms with Crippen LogP contribution in [0.4, 0.5) is 0 Å². The Morgan fingerprint density at radius 1 is 1.57 bits per heavy atom. The molecule has 3 heteroatoms. The molecule has 0 saturated carbocycles. The van der Waals surface area contributed by atoms with Crippen LogP contribution in [0.2, 0.25) is 0 Å². The molecule has 3 heterocycles. The van der Waals surface area contributed by atoms with Crippen LogP contribution in [-0.2, 0) is 16.9 Å². The highest BCUT2D eigenvalue weighted by Crippen LogP contribution is 2.42. The van der Waals surface area contributed by atoms with Gasteiger partial charge in [0.2, 0.25) is 0 Å². The molecule has 1 unspecified atom stereocenters. The lowest BCUT2D eigenvalue weighted by molar-refractivity contribution is -0.0694. The average Bonchev–Trinajstić information content (AvgIpc) is 2.77. The van der Waals surface area contributed by atoms with Crippen molar-refractivity contribution >= 4 is 11.3 Å². The minimum Gasteiger partial charge on any atom is -0.355 e. The van der Waals surface area contributed by atoms with Crippen LogP contribution < -0.4 is 5.32 Å². The van der Waals surface area contributed by atoms with Gasteiger partial charge in [-0.25, -0.2) is 0 Å². The van der Waals surface area contributed by atoms with E-state index in [2.05, 4.69) is 17.6 Å². The Morgan fingerprint density at radius 2 is 2.50 bits per heavy atom. The van der Waals surface area contributed by atoms with E-state index in [4.69, 9.17) is 4.74 Å². The summed E-state index contributed by atoms with van der Waals surface area (Å²) in [5.41, 5.74) is 2.88. The van der Waals surface area contributed by atoms with Crippen LogP contribution in [-0.4, -0.2) is 13.2 Å². The van der Waals surface area contributed by atoms with Gasteiger partial charge < -0.3 is 4.74 Å². The molecule has 0 radical (unpaired) electrons. The topological polar surface area (TPSA) is 21.3 Å². The zero-order valence-electron chi connectivity index (χ0n) is 8.43. The van der Waals surface area contributed by atoms with Gasteiger partial charge in [-0.15, -0.1) is 11.3 Å². The van der Waals surface area contributed by atoms with Gasteiger partial charge in [0.25, 0.3) is 0 Å². The van der Waals surface area contributed by atoms with E-state index >= 15 is 0 Å². The van der Waals surface area contributed by atoms with Crippen LogP contribution in [0, 0.1) is 6.92 Å². The van der Waals surface area contributed by atoms with Crippen molar-refractivity contribution in [3.8, 4) is 0 Å². The largest absolute Gasteiger partial charge is 0.355 e. The van der Waals surface area contributed by atoms with Crippen LogP contribution in [0.15, 0.2) is 5.38 Å². The number of fused-ring (bicyclic) bond motifs is 2. The molecule has 76 valence electrons. The van der Waals surface area contributed by atoms with Crippen molar-refractivity contribution in [2.24, 2.45) is 0 Å². The summed E-state index contributed by atoms with van der Waals surface area (Å²) < 4.78 is 5.97. The fraction of sp³-hybridized carbons (Fsp3) is 0.636. The molecule has 0 amide bonds. The van der Waals surface area contributed by atoms with Crippen LogP contribution in [0.1, 0.15) is 28.8 Å². The highest BCUT2D eigenvalue weighted by Gasteiger charge is 2.41. The first-order valence-electron chi connectivity index (χ1n) is 5.28. The molecule has 1 atom stereocenters. The quantitative estimate of drug-likeness (QED) is 0.707. The Kier molecular flexibility index (Phi) is 1.94. The lowest BCUT2D eigenvalue weighted by Crippen LogP contribution is -2.42. The molecule has 1 fully saturated rings. The summed E-state index contributed by atoms with van der Waals surface area (Å²) in [7, 11) is 0. The third-order valence-electron chi connectivity index (χ3n) is 3.29. The highest BCUT2D eigenvalue weighted by molar-refractivity contribution is 7.10. The third-order valence-corrected chi connectivity index (χ3v) is 4.57. The van der Waals surface area contributed by atoms with E-state index in [1.807, 2.05) is 11.3 Å². The van der Waals surface area contributed by atoms with Gasteiger partial charge in [-0.1, -0.05) is 0 Å². The van der Waals surface area contributed by atoms with Crippen LogP contribution in [0.3, 0.4) is 0 Å². The Balaban J connectivity index is 2.10. The van der Waals surface area contributed by atoms with E-state index in [0.29, 0.717) is 0 Å². The first kappa shape index (κ1) is 8.89. The number of ether oxygens (including phenoxy) is 1. The first-order chi connectivity index (χ1) is 6.82. The second-order valence-corrected chi connectivity index (χ2v) is 5.06. The molecule has 0 aliphatic carbocycles. The van der Waals surface area contributed by atoms with Gasteiger partial charge in [-0.05, 0) is 49.2 Å². The van der Waals surface area contributed by atoms with Gasteiger partial charge in [-0.2, -0.15) is 0 Å². The number of hydrogen-bond acceptors (Lipinski definition) is 3. The molecule has 1 saturated heterocycles. The molecule has 1 aromatic heterocycles. The fourth-order valence-corrected chi connectivity index (χ4v) is 3.81. The molecule has 3 rings (SSSR count). The summed E-state index contributed by atoms with van der Waals surface area (Å²) in [5.74, 6) is 0. The Labute approximate surface area is 88.3 Å². The van der Waals surface area contributed by atoms with Gasteiger partial charge in [0.05, 0.1) is 11.5 Å². The van der Waals surface area contributed by atoms with Gasteiger partial charge in [0.15, 0.2) is 5.72 Å². The normalized spacial score (nSPS) is 30.9.